The molecule has 0 bridgehead atoms. The van der Waals surface area contributed by atoms with Crippen LogP contribution in [0.15, 0.2) is 48.5 Å². The maximum Gasteiger partial charge on any atom is 0.265 e. The number of fused-ring (bicyclic) bond motifs is 1. The highest BCUT2D eigenvalue weighted by Gasteiger charge is 2.33. The predicted octanol–water partition coefficient (Wildman–Crippen LogP) is 2.20. The summed E-state index contributed by atoms with van der Waals surface area (Å²) in [7, 11) is 1.52. The second-order valence-corrected chi connectivity index (χ2v) is 6.28. The molecule has 1 atom stereocenters. The quantitative estimate of drug-likeness (QED) is 0.775. The van der Waals surface area contributed by atoms with Gasteiger partial charge in [-0.05, 0) is 36.4 Å². The van der Waals surface area contributed by atoms with Crippen LogP contribution in [0.4, 0.5) is 5.69 Å². The van der Waals surface area contributed by atoms with Gasteiger partial charge in [-0.3, -0.25) is 14.4 Å². The fourth-order valence-corrected chi connectivity index (χ4v) is 2.93. The highest BCUT2D eigenvalue weighted by atomic mass is 16.5. The summed E-state index contributed by atoms with van der Waals surface area (Å²) in [5, 5.41) is 2.54. The maximum atomic E-state index is 12.8. The van der Waals surface area contributed by atoms with Gasteiger partial charge in [-0.1, -0.05) is 19.1 Å². The summed E-state index contributed by atoms with van der Waals surface area (Å²) in [6, 6.07) is 13.7. The van der Waals surface area contributed by atoms with Crippen molar-refractivity contribution < 1.29 is 23.9 Å². The monoisotopic (exact) mass is 382 g/mol. The Bertz CT molecular complexity index is 879. The van der Waals surface area contributed by atoms with Gasteiger partial charge in [-0.15, -0.1) is 0 Å². The number of carbonyl (C=O) groups is 3. The third-order valence-electron chi connectivity index (χ3n) is 4.47. The van der Waals surface area contributed by atoms with Gasteiger partial charge < -0.3 is 19.7 Å². The third kappa shape index (κ3) is 4.14. The number of nitrogens with one attached hydrogen (secondary N) is 1. The van der Waals surface area contributed by atoms with Gasteiger partial charge in [0.15, 0.2) is 18.5 Å². The topological polar surface area (TPSA) is 84.9 Å². The molecular formula is C21H22N2O5. The zero-order valence-electron chi connectivity index (χ0n) is 15.8. The minimum atomic E-state index is -0.789. The van der Waals surface area contributed by atoms with Gasteiger partial charge in [0.25, 0.3) is 11.8 Å². The number of ketones is 1. The standard InChI is InChI=1S/C21H22N2O5/c1-3-17(24)14-8-10-15(11-9-14)27-13-20(25)23-12-19(21(26)22-2)28-18-7-5-4-6-16(18)23/h4-11,19H,3,12-13H2,1-2H3,(H,22,26)/t19-/m0/s1. The number of hydrogen-bond donors (Lipinski definition) is 1. The summed E-state index contributed by atoms with van der Waals surface area (Å²) in [4.78, 5) is 37.9. The molecule has 0 saturated carbocycles. The Hall–Kier alpha value is -3.35. The molecule has 0 saturated heterocycles. The van der Waals surface area contributed by atoms with Crippen LogP contribution in [0.3, 0.4) is 0 Å². The average Bonchev–Trinajstić information content (AvgIpc) is 2.75. The Kier molecular flexibility index (Phi) is 5.93. The zero-order valence-corrected chi connectivity index (χ0v) is 15.8. The molecule has 7 nitrogen and oxygen atoms in total. The SMILES string of the molecule is CCC(=O)c1ccc(OCC(=O)N2C[C@@H](C(=O)NC)Oc3ccccc32)cc1. The molecule has 3 rings (SSSR count). The molecule has 2 aromatic rings. The van der Waals surface area contributed by atoms with Gasteiger partial charge in [-0.2, -0.15) is 0 Å². The summed E-state index contributed by atoms with van der Waals surface area (Å²) < 4.78 is 11.3. The number of amides is 2. The molecule has 2 amide bonds. The van der Waals surface area contributed by atoms with Crippen molar-refractivity contribution in [3.63, 3.8) is 0 Å². The summed E-state index contributed by atoms with van der Waals surface area (Å²) in [5.41, 5.74) is 1.21. The smallest absolute Gasteiger partial charge is 0.265 e. The van der Waals surface area contributed by atoms with E-state index < -0.39 is 6.10 Å². The predicted molar refractivity (Wildman–Crippen MR) is 104 cm³/mol. The van der Waals surface area contributed by atoms with E-state index in [-0.39, 0.29) is 30.7 Å². The van der Waals surface area contributed by atoms with Crippen LogP contribution in [-0.2, 0) is 9.59 Å². The van der Waals surface area contributed by atoms with Gasteiger partial charge in [0.05, 0.1) is 12.2 Å². The minimum absolute atomic E-state index is 0.0489. The molecule has 0 fully saturated rings. The second kappa shape index (κ2) is 8.56. The normalized spacial score (nSPS) is 15.2. The van der Waals surface area contributed by atoms with E-state index in [1.165, 1.54) is 11.9 Å². The van der Waals surface area contributed by atoms with Gasteiger partial charge in [0.2, 0.25) is 0 Å². The fourth-order valence-electron chi connectivity index (χ4n) is 2.93. The minimum Gasteiger partial charge on any atom is -0.484 e. The fraction of sp³-hybridized carbons (Fsp3) is 0.286. The molecular weight excluding hydrogens is 360 g/mol. The Balaban J connectivity index is 1.70. The molecule has 0 aliphatic carbocycles. The lowest BCUT2D eigenvalue weighted by Crippen LogP contribution is -2.51. The van der Waals surface area contributed by atoms with E-state index >= 15 is 0 Å². The number of ether oxygens (including phenoxy) is 2. The van der Waals surface area contributed by atoms with Gasteiger partial charge in [-0.25, -0.2) is 0 Å². The number of anilines is 1. The first-order chi connectivity index (χ1) is 13.5. The van der Waals surface area contributed by atoms with Crippen molar-refractivity contribution in [1.29, 1.82) is 0 Å². The molecule has 2 aromatic carbocycles. The lowest BCUT2D eigenvalue weighted by molar-refractivity contribution is -0.128. The molecule has 0 radical (unpaired) electrons. The first-order valence-corrected chi connectivity index (χ1v) is 9.07. The molecule has 1 heterocycles. The van der Waals surface area contributed by atoms with Crippen LogP contribution < -0.4 is 19.7 Å². The molecule has 1 aliphatic heterocycles. The summed E-state index contributed by atoms with van der Waals surface area (Å²) in [5.74, 6) is 0.416. The number of likely N-dealkylation sites (N-methyl/N-ethyl adjacent to an activating group) is 1. The van der Waals surface area contributed by atoms with Crippen molar-refractivity contribution in [2.75, 3.05) is 25.1 Å². The molecule has 0 spiro atoms. The van der Waals surface area contributed by atoms with E-state index in [0.717, 1.165) is 0 Å². The van der Waals surface area contributed by atoms with Crippen LogP contribution in [0.2, 0.25) is 0 Å². The number of nitrogens with zero attached hydrogens (tertiary/aromatic N) is 1. The van der Waals surface area contributed by atoms with Crippen molar-refractivity contribution in [1.82, 2.24) is 5.32 Å². The van der Waals surface area contributed by atoms with E-state index in [4.69, 9.17) is 9.47 Å². The van der Waals surface area contributed by atoms with Crippen molar-refractivity contribution in [3.05, 3.63) is 54.1 Å². The summed E-state index contributed by atoms with van der Waals surface area (Å²) in [6.07, 6.45) is -0.357. The van der Waals surface area contributed by atoms with E-state index in [2.05, 4.69) is 5.32 Å². The van der Waals surface area contributed by atoms with Crippen LogP contribution in [0, 0.1) is 0 Å². The maximum absolute atomic E-state index is 12.8. The van der Waals surface area contributed by atoms with E-state index in [1.807, 2.05) is 0 Å². The Morgan fingerprint density at radius 1 is 1.14 bits per heavy atom. The second-order valence-electron chi connectivity index (χ2n) is 6.28. The van der Waals surface area contributed by atoms with Crippen molar-refractivity contribution in [2.24, 2.45) is 0 Å². The Morgan fingerprint density at radius 3 is 2.54 bits per heavy atom. The number of benzene rings is 2. The highest BCUT2D eigenvalue weighted by Crippen LogP contribution is 2.33. The van der Waals surface area contributed by atoms with Crippen molar-refractivity contribution in [2.45, 2.75) is 19.4 Å². The summed E-state index contributed by atoms with van der Waals surface area (Å²) in [6.45, 7) is 1.70. The Labute approximate surface area is 163 Å². The van der Waals surface area contributed by atoms with Crippen LogP contribution in [0.1, 0.15) is 23.7 Å². The molecule has 1 aliphatic rings. The number of rotatable bonds is 6. The highest BCUT2D eigenvalue weighted by molar-refractivity contribution is 5.98. The van der Waals surface area contributed by atoms with E-state index in [1.54, 1.807) is 55.5 Å². The molecule has 0 aromatic heterocycles. The molecule has 7 heteroatoms. The lowest BCUT2D eigenvalue weighted by atomic mass is 10.1. The van der Waals surface area contributed by atoms with E-state index in [0.29, 0.717) is 29.2 Å². The Morgan fingerprint density at radius 2 is 1.86 bits per heavy atom. The van der Waals surface area contributed by atoms with Crippen LogP contribution in [0.5, 0.6) is 11.5 Å². The van der Waals surface area contributed by atoms with Gasteiger partial charge in [0, 0.05) is 19.0 Å². The third-order valence-corrected chi connectivity index (χ3v) is 4.47. The van der Waals surface area contributed by atoms with Crippen LogP contribution >= 0.6 is 0 Å². The van der Waals surface area contributed by atoms with Crippen LogP contribution in [-0.4, -0.2) is 43.9 Å². The average molecular weight is 382 g/mol. The number of para-hydroxylation sites is 2. The molecule has 0 unspecified atom stereocenters. The zero-order chi connectivity index (χ0) is 20.1. The van der Waals surface area contributed by atoms with E-state index in [9.17, 15) is 14.4 Å². The lowest BCUT2D eigenvalue weighted by Gasteiger charge is -2.33. The van der Waals surface area contributed by atoms with Crippen molar-refractivity contribution in [3.8, 4) is 11.5 Å². The number of Topliss-reactive ketones (excluding diaryl/α,β-unsaturated/α-hetero) is 1. The van der Waals surface area contributed by atoms with Gasteiger partial charge in [0.1, 0.15) is 11.5 Å². The number of hydrogen-bond acceptors (Lipinski definition) is 5. The van der Waals surface area contributed by atoms with Gasteiger partial charge >= 0.3 is 0 Å². The molecule has 1 N–H and O–H groups in total. The van der Waals surface area contributed by atoms with Crippen LogP contribution in [0.25, 0.3) is 0 Å². The summed E-state index contributed by atoms with van der Waals surface area (Å²) >= 11 is 0. The first kappa shape index (κ1) is 19.4. The van der Waals surface area contributed by atoms with Crippen molar-refractivity contribution >= 4 is 23.3 Å². The molecule has 28 heavy (non-hydrogen) atoms. The largest absolute Gasteiger partial charge is 0.484 e. The number of carbonyl (C=O) groups excluding carboxylic acids is 3. The first-order valence-electron chi connectivity index (χ1n) is 9.07. The molecule has 146 valence electrons.